The molecular formula is C14H17NO5. The number of carbonyl (C=O) groups excluding carboxylic acids is 1. The van der Waals surface area contributed by atoms with Crippen molar-refractivity contribution in [2.75, 3.05) is 0 Å². The Morgan fingerprint density at radius 1 is 1.10 bits per heavy atom. The van der Waals surface area contributed by atoms with Gasteiger partial charge in [-0.3, -0.25) is 4.79 Å². The molecule has 0 aliphatic rings. The van der Waals surface area contributed by atoms with Gasteiger partial charge in [-0.25, -0.2) is 14.5 Å². The Labute approximate surface area is 116 Å². The summed E-state index contributed by atoms with van der Waals surface area (Å²) < 4.78 is 0. The molecule has 1 aromatic rings. The third kappa shape index (κ3) is 3.81. The molecule has 2 N–H and O–H groups in total. The van der Waals surface area contributed by atoms with Crippen molar-refractivity contribution in [2.24, 2.45) is 5.92 Å². The predicted molar refractivity (Wildman–Crippen MR) is 71.5 cm³/mol. The smallest absolute Gasteiger partial charge is 0.415 e. The van der Waals surface area contributed by atoms with E-state index >= 15 is 0 Å². The van der Waals surface area contributed by atoms with Crippen LogP contribution in [0.5, 0.6) is 0 Å². The number of nitrogens with zero attached hydrogens (tertiary/aromatic N) is 1. The van der Waals surface area contributed by atoms with Crippen LogP contribution >= 0.6 is 0 Å². The number of aliphatic carboxylic acids is 1. The Bertz CT molecular complexity index is 498. The molecular weight excluding hydrogens is 262 g/mol. The van der Waals surface area contributed by atoms with Crippen LogP contribution in [0, 0.1) is 5.92 Å². The third-order valence-electron chi connectivity index (χ3n) is 2.74. The van der Waals surface area contributed by atoms with E-state index in [-0.39, 0.29) is 17.9 Å². The highest BCUT2D eigenvalue weighted by atomic mass is 16.4. The van der Waals surface area contributed by atoms with E-state index in [9.17, 15) is 24.6 Å². The molecule has 0 saturated heterocycles. The Morgan fingerprint density at radius 2 is 1.65 bits per heavy atom. The number of rotatable bonds is 5. The molecule has 2 amide bonds. The van der Waals surface area contributed by atoms with Crippen LogP contribution in [-0.2, 0) is 4.79 Å². The fourth-order valence-corrected chi connectivity index (χ4v) is 1.84. The van der Waals surface area contributed by atoms with Crippen molar-refractivity contribution in [1.29, 1.82) is 0 Å². The molecule has 6 heteroatoms. The highest BCUT2D eigenvalue weighted by Gasteiger charge is 2.35. The standard InChI is InChI=1S/C14H17NO5/c1-9(2)8-11(13(17)18)15(14(19)20)12(16)10-6-4-3-5-7-10/h3-7,9,11H,8H2,1-2H3,(H,17,18)(H,19,20)/t11-/m0/s1. The van der Waals surface area contributed by atoms with Crippen LogP contribution in [0.4, 0.5) is 4.79 Å². The summed E-state index contributed by atoms with van der Waals surface area (Å²) in [5.41, 5.74) is 0.143. The van der Waals surface area contributed by atoms with Gasteiger partial charge in [-0.05, 0) is 24.5 Å². The highest BCUT2D eigenvalue weighted by molar-refractivity contribution is 6.05. The lowest BCUT2D eigenvalue weighted by molar-refractivity contribution is -0.142. The maximum Gasteiger partial charge on any atom is 0.415 e. The molecule has 0 fully saturated rings. The summed E-state index contributed by atoms with van der Waals surface area (Å²) in [4.78, 5) is 35.1. The van der Waals surface area contributed by atoms with Crippen LogP contribution in [0.1, 0.15) is 30.6 Å². The minimum atomic E-state index is -1.56. The van der Waals surface area contributed by atoms with E-state index in [1.807, 2.05) is 0 Å². The van der Waals surface area contributed by atoms with Crippen LogP contribution in [-0.4, -0.2) is 39.1 Å². The molecule has 1 atom stereocenters. The van der Waals surface area contributed by atoms with Crippen molar-refractivity contribution in [3.05, 3.63) is 35.9 Å². The molecule has 0 bridgehead atoms. The molecule has 108 valence electrons. The van der Waals surface area contributed by atoms with Gasteiger partial charge in [-0.2, -0.15) is 0 Å². The number of imide groups is 1. The van der Waals surface area contributed by atoms with Crippen molar-refractivity contribution in [2.45, 2.75) is 26.3 Å². The number of amides is 2. The second kappa shape index (κ2) is 6.70. The zero-order chi connectivity index (χ0) is 15.3. The van der Waals surface area contributed by atoms with E-state index in [1.54, 1.807) is 32.0 Å². The molecule has 1 rings (SSSR count). The van der Waals surface area contributed by atoms with Gasteiger partial charge in [-0.15, -0.1) is 0 Å². The zero-order valence-electron chi connectivity index (χ0n) is 11.3. The summed E-state index contributed by atoms with van der Waals surface area (Å²) in [5.74, 6) is -2.21. The van der Waals surface area contributed by atoms with E-state index in [1.165, 1.54) is 12.1 Å². The van der Waals surface area contributed by atoms with Crippen molar-refractivity contribution in [3.63, 3.8) is 0 Å². The zero-order valence-corrected chi connectivity index (χ0v) is 11.3. The second-order valence-electron chi connectivity index (χ2n) is 4.81. The summed E-state index contributed by atoms with van der Waals surface area (Å²) >= 11 is 0. The predicted octanol–water partition coefficient (Wildman–Crippen LogP) is 2.31. The van der Waals surface area contributed by atoms with Crippen LogP contribution < -0.4 is 0 Å². The van der Waals surface area contributed by atoms with Gasteiger partial charge in [0.25, 0.3) is 5.91 Å². The number of carbonyl (C=O) groups is 3. The molecule has 0 heterocycles. The maximum absolute atomic E-state index is 12.2. The van der Waals surface area contributed by atoms with Gasteiger partial charge < -0.3 is 10.2 Å². The first kappa shape index (κ1) is 15.7. The molecule has 0 aliphatic heterocycles. The maximum atomic E-state index is 12.2. The van der Waals surface area contributed by atoms with Crippen LogP contribution in [0.25, 0.3) is 0 Å². The van der Waals surface area contributed by atoms with Crippen molar-refractivity contribution < 1.29 is 24.6 Å². The second-order valence-corrected chi connectivity index (χ2v) is 4.81. The molecule has 1 aromatic carbocycles. The quantitative estimate of drug-likeness (QED) is 0.862. The van der Waals surface area contributed by atoms with Crippen molar-refractivity contribution in [3.8, 4) is 0 Å². The first-order chi connectivity index (χ1) is 9.34. The minimum Gasteiger partial charge on any atom is -0.480 e. The normalized spacial score (nSPS) is 11.9. The molecule has 6 nitrogen and oxygen atoms in total. The van der Waals surface area contributed by atoms with E-state index in [0.29, 0.717) is 4.90 Å². The van der Waals surface area contributed by atoms with Gasteiger partial charge >= 0.3 is 12.1 Å². The number of hydrogen-bond donors (Lipinski definition) is 2. The lowest BCUT2D eigenvalue weighted by atomic mass is 10.0. The van der Waals surface area contributed by atoms with Gasteiger partial charge in [0.2, 0.25) is 0 Å². The molecule has 0 aromatic heterocycles. The third-order valence-corrected chi connectivity index (χ3v) is 2.74. The number of benzene rings is 1. The van der Waals surface area contributed by atoms with Crippen LogP contribution in [0.15, 0.2) is 30.3 Å². The molecule has 0 aliphatic carbocycles. The first-order valence-corrected chi connectivity index (χ1v) is 6.19. The van der Waals surface area contributed by atoms with Gasteiger partial charge in [0, 0.05) is 5.56 Å². The Hall–Kier alpha value is -2.37. The van der Waals surface area contributed by atoms with Gasteiger partial charge in [0.1, 0.15) is 6.04 Å². The summed E-state index contributed by atoms with van der Waals surface area (Å²) in [6, 6.07) is 6.38. The number of carboxylic acids is 1. The Balaban J connectivity index is 3.12. The molecule has 0 spiro atoms. The first-order valence-electron chi connectivity index (χ1n) is 6.19. The average molecular weight is 279 g/mol. The topological polar surface area (TPSA) is 94.9 Å². The summed E-state index contributed by atoms with van der Waals surface area (Å²) in [5, 5.41) is 18.4. The molecule has 0 radical (unpaired) electrons. The summed E-state index contributed by atoms with van der Waals surface area (Å²) in [6.45, 7) is 3.53. The van der Waals surface area contributed by atoms with Gasteiger partial charge in [-0.1, -0.05) is 32.0 Å². The number of carboxylic acid groups (broad SMARTS) is 2. The van der Waals surface area contributed by atoms with Crippen LogP contribution in [0.2, 0.25) is 0 Å². The van der Waals surface area contributed by atoms with E-state index in [4.69, 9.17) is 0 Å². The highest BCUT2D eigenvalue weighted by Crippen LogP contribution is 2.16. The van der Waals surface area contributed by atoms with E-state index in [2.05, 4.69) is 0 Å². The van der Waals surface area contributed by atoms with Gasteiger partial charge in [0.05, 0.1) is 0 Å². The van der Waals surface area contributed by atoms with E-state index < -0.39 is 24.0 Å². The monoisotopic (exact) mass is 279 g/mol. The fourth-order valence-electron chi connectivity index (χ4n) is 1.84. The van der Waals surface area contributed by atoms with E-state index in [0.717, 1.165) is 0 Å². The van der Waals surface area contributed by atoms with Gasteiger partial charge in [0.15, 0.2) is 0 Å². The average Bonchev–Trinajstić information content (AvgIpc) is 2.37. The summed E-state index contributed by atoms with van der Waals surface area (Å²) in [7, 11) is 0. The summed E-state index contributed by atoms with van der Waals surface area (Å²) in [6.07, 6.45) is -1.49. The molecule has 20 heavy (non-hydrogen) atoms. The van der Waals surface area contributed by atoms with Crippen LogP contribution in [0.3, 0.4) is 0 Å². The lowest BCUT2D eigenvalue weighted by Crippen LogP contribution is -2.48. The van der Waals surface area contributed by atoms with Crippen molar-refractivity contribution >= 4 is 18.0 Å². The van der Waals surface area contributed by atoms with Crippen molar-refractivity contribution in [1.82, 2.24) is 4.90 Å². The Kier molecular flexibility index (Phi) is 5.25. The molecule has 0 unspecified atom stereocenters. The SMILES string of the molecule is CC(C)C[C@@H](C(=O)O)N(C(=O)O)C(=O)c1ccccc1. The molecule has 0 saturated carbocycles. The lowest BCUT2D eigenvalue weighted by Gasteiger charge is -2.25. The minimum absolute atomic E-state index is 0.0541. The Morgan fingerprint density at radius 3 is 2.05 bits per heavy atom. The fraction of sp³-hybridized carbons (Fsp3) is 0.357. The largest absolute Gasteiger partial charge is 0.480 e. The number of hydrogen-bond acceptors (Lipinski definition) is 3.